The first-order chi connectivity index (χ1) is 7.99. The molecule has 1 aliphatic carbocycles. The number of aliphatic hydroxyl groups is 1. The van der Waals surface area contributed by atoms with Crippen molar-refractivity contribution in [1.82, 2.24) is 14.8 Å². The van der Waals surface area contributed by atoms with Gasteiger partial charge >= 0.3 is 0 Å². The molecule has 0 saturated heterocycles. The van der Waals surface area contributed by atoms with Crippen LogP contribution in [0.4, 0.5) is 0 Å². The largest absolute Gasteiger partial charge is 0.384 e. The van der Waals surface area contributed by atoms with Crippen molar-refractivity contribution in [2.45, 2.75) is 32.4 Å². The Bertz CT molecular complexity index is 448. The fourth-order valence-corrected chi connectivity index (χ4v) is 2.54. The number of nitrogens with zero attached hydrogens (tertiary/aromatic N) is 3. The minimum atomic E-state index is -0.929. The molecule has 92 valence electrons. The molecule has 1 heterocycles. The van der Waals surface area contributed by atoms with Crippen molar-refractivity contribution < 1.29 is 5.11 Å². The smallest absolute Gasteiger partial charge is 0.137 e. The Balaban J connectivity index is 2.20. The fourth-order valence-electron chi connectivity index (χ4n) is 2.25. The standard InChI is InChI=1S/C12H16ClN3O/c1-9-5-10(13)3-4-11(9)12(2,17)6-16-8-14-7-15-16/h3-4,7-9,17H,5-6H2,1-2H3. The van der Waals surface area contributed by atoms with Gasteiger partial charge in [0.05, 0.1) is 6.54 Å². The minimum absolute atomic E-state index is 0.242. The van der Waals surface area contributed by atoms with E-state index in [0.29, 0.717) is 6.54 Å². The highest BCUT2D eigenvalue weighted by molar-refractivity contribution is 6.29. The Morgan fingerprint density at radius 1 is 1.59 bits per heavy atom. The molecule has 0 aromatic carbocycles. The first-order valence-electron chi connectivity index (χ1n) is 5.60. The van der Waals surface area contributed by atoms with Crippen molar-refractivity contribution in [1.29, 1.82) is 0 Å². The van der Waals surface area contributed by atoms with Gasteiger partial charge in [-0.15, -0.1) is 0 Å². The number of rotatable bonds is 3. The van der Waals surface area contributed by atoms with Crippen LogP contribution in [0.15, 0.2) is 35.4 Å². The van der Waals surface area contributed by atoms with Crippen LogP contribution in [0.1, 0.15) is 20.3 Å². The summed E-state index contributed by atoms with van der Waals surface area (Å²) in [4.78, 5) is 3.87. The third-order valence-electron chi connectivity index (χ3n) is 3.03. The normalized spacial score (nSPS) is 23.9. The SMILES string of the molecule is CC1CC(Cl)=CC=C1C(C)(O)Cn1cncn1. The molecule has 0 spiro atoms. The summed E-state index contributed by atoms with van der Waals surface area (Å²) in [5.41, 5.74) is 0.0543. The van der Waals surface area contributed by atoms with Crippen molar-refractivity contribution in [3.8, 4) is 0 Å². The molecule has 1 aromatic rings. The number of hydrogen-bond acceptors (Lipinski definition) is 3. The molecule has 0 aliphatic heterocycles. The quantitative estimate of drug-likeness (QED) is 0.898. The van der Waals surface area contributed by atoms with E-state index in [-0.39, 0.29) is 5.92 Å². The van der Waals surface area contributed by atoms with E-state index in [4.69, 9.17) is 11.6 Å². The number of hydrogen-bond donors (Lipinski definition) is 1. The lowest BCUT2D eigenvalue weighted by Gasteiger charge is -2.32. The summed E-state index contributed by atoms with van der Waals surface area (Å²) >= 11 is 5.98. The fraction of sp³-hybridized carbons (Fsp3) is 0.500. The molecule has 4 nitrogen and oxygen atoms in total. The van der Waals surface area contributed by atoms with Crippen molar-refractivity contribution >= 4 is 11.6 Å². The topological polar surface area (TPSA) is 50.9 Å². The lowest BCUT2D eigenvalue weighted by Crippen LogP contribution is -2.36. The van der Waals surface area contributed by atoms with E-state index in [0.717, 1.165) is 17.0 Å². The Morgan fingerprint density at radius 3 is 2.94 bits per heavy atom. The minimum Gasteiger partial charge on any atom is -0.384 e. The molecule has 0 radical (unpaired) electrons. The molecule has 5 heteroatoms. The molecule has 1 N–H and O–H groups in total. The summed E-state index contributed by atoms with van der Waals surface area (Å²) in [7, 11) is 0. The van der Waals surface area contributed by atoms with E-state index in [1.54, 1.807) is 17.9 Å². The van der Waals surface area contributed by atoms with Crippen LogP contribution >= 0.6 is 11.6 Å². The third-order valence-corrected chi connectivity index (χ3v) is 3.31. The van der Waals surface area contributed by atoms with Gasteiger partial charge in [0.2, 0.25) is 0 Å². The average Bonchev–Trinajstić information content (AvgIpc) is 2.68. The first-order valence-corrected chi connectivity index (χ1v) is 5.98. The second-order valence-electron chi connectivity index (χ2n) is 4.71. The van der Waals surface area contributed by atoms with Crippen molar-refractivity contribution in [3.05, 3.63) is 35.4 Å². The molecule has 0 fully saturated rings. The van der Waals surface area contributed by atoms with Gasteiger partial charge in [-0.3, -0.25) is 0 Å². The van der Waals surface area contributed by atoms with Crippen LogP contribution in [0.2, 0.25) is 0 Å². The Kier molecular flexibility index (Phi) is 3.35. The van der Waals surface area contributed by atoms with Crippen LogP contribution in [-0.2, 0) is 6.54 Å². The number of allylic oxidation sites excluding steroid dienone is 3. The van der Waals surface area contributed by atoms with Crippen molar-refractivity contribution in [2.24, 2.45) is 5.92 Å². The molecule has 2 rings (SSSR count). The summed E-state index contributed by atoms with van der Waals surface area (Å²) in [6, 6.07) is 0. The van der Waals surface area contributed by atoms with Gasteiger partial charge < -0.3 is 5.11 Å². The van der Waals surface area contributed by atoms with Gasteiger partial charge in [-0.25, -0.2) is 9.67 Å². The molecule has 0 saturated carbocycles. The van der Waals surface area contributed by atoms with E-state index in [1.165, 1.54) is 6.33 Å². The zero-order chi connectivity index (χ0) is 12.5. The van der Waals surface area contributed by atoms with Crippen LogP contribution in [0, 0.1) is 5.92 Å². The molecule has 0 amide bonds. The van der Waals surface area contributed by atoms with Gasteiger partial charge in [0.25, 0.3) is 0 Å². The molecule has 2 atom stereocenters. The summed E-state index contributed by atoms with van der Waals surface area (Å²) in [6.07, 6.45) is 7.61. The molecule has 17 heavy (non-hydrogen) atoms. The van der Waals surface area contributed by atoms with Crippen molar-refractivity contribution in [2.75, 3.05) is 0 Å². The first kappa shape index (κ1) is 12.3. The summed E-state index contributed by atoms with van der Waals surface area (Å²) in [5, 5.41) is 15.4. The van der Waals surface area contributed by atoms with E-state index < -0.39 is 5.60 Å². The summed E-state index contributed by atoms with van der Waals surface area (Å²) in [6.45, 7) is 4.26. The Labute approximate surface area is 106 Å². The highest BCUT2D eigenvalue weighted by Crippen LogP contribution is 2.34. The zero-order valence-electron chi connectivity index (χ0n) is 9.97. The Hall–Kier alpha value is -1.13. The van der Waals surface area contributed by atoms with Gasteiger partial charge in [0.1, 0.15) is 18.3 Å². The van der Waals surface area contributed by atoms with Crippen molar-refractivity contribution in [3.63, 3.8) is 0 Å². The van der Waals surface area contributed by atoms with Gasteiger partial charge in [-0.1, -0.05) is 24.6 Å². The maximum atomic E-state index is 10.5. The molecule has 1 aromatic heterocycles. The lowest BCUT2D eigenvalue weighted by atomic mass is 9.82. The van der Waals surface area contributed by atoms with Crippen LogP contribution in [0.25, 0.3) is 0 Å². The maximum absolute atomic E-state index is 10.5. The second-order valence-corrected chi connectivity index (χ2v) is 5.19. The van der Waals surface area contributed by atoms with Gasteiger partial charge in [-0.2, -0.15) is 5.10 Å². The van der Waals surface area contributed by atoms with Crippen LogP contribution in [0.3, 0.4) is 0 Å². The molecule has 2 unspecified atom stereocenters. The van der Waals surface area contributed by atoms with E-state index in [1.807, 2.05) is 12.2 Å². The van der Waals surface area contributed by atoms with E-state index in [9.17, 15) is 5.11 Å². The summed E-state index contributed by atoms with van der Waals surface area (Å²) < 4.78 is 1.63. The molecule has 0 bridgehead atoms. The maximum Gasteiger partial charge on any atom is 0.137 e. The molecular weight excluding hydrogens is 238 g/mol. The number of aromatic nitrogens is 3. The highest BCUT2D eigenvalue weighted by atomic mass is 35.5. The number of halogens is 1. The van der Waals surface area contributed by atoms with E-state index in [2.05, 4.69) is 17.0 Å². The predicted molar refractivity (Wildman–Crippen MR) is 66.4 cm³/mol. The Morgan fingerprint density at radius 2 is 2.35 bits per heavy atom. The zero-order valence-corrected chi connectivity index (χ0v) is 10.7. The van der Waals surface area contributed by atoms with Crippen LogP contribution < -0.4 is 0 Å². The highest BCUT2D eigenvalue weighted by Gasteiger charge is 2.31. The van der Waals surface area contributed by atoms with E-state index >= 15 is 0 Å². The molecular formula is C12H16ClN3O. The summed E-state index contributed by atoms with van der Waals surface area (Å²) in [5.74, 6) is 0.242. The average molecular weight is 254 g/mol. The third kappa shape index (κ3) is 2.76. The monoisotopic (exact) mass is 253 g/mol. The van der Waals surface area contributed by atoms with Gasteiger partial charge in [0.15, 0.2) is 0 Å². The second kappa shape index (κ2) is 4.63. The van der Waals surface area contributed by atoms with Gasteiger partial charge in [0, 0.05) is 5.03 Å². The predicted octanol–water partition coefficient (Wildman–Crippen LogP) is 2.12. The van der Waals surface area contributed by atoms with Crippen LogP contribution in [0.5, 0.6) is 0 Å². The lowest BCUT2D eigenvalue weighted by molar-refractivity contribution is 0.0651. The van der Waals surface area contributed by atoms with Crippen LogP contribution in [-0.4, -0.2) is 25.5 Å². The van der Waals surface area contributed by atoms with Gasteiger partial charge in [-0.05, 0) is 30.9 Å². The molecule has 1 aliphatic rings.